The minimum absolute atomic E-state index is 0.0428. The van der Waals surface area contributed by atoms with Gasteiger partial charge in [0.25, 0.3) is 0 Å². The SMILES string of the molecule is CCc1ccc(-c2ccc(C3=CCC(OC(=O)c4ccc(C)c(F)c4F)CC3)c(F)c2F)c(F)c1F. The molecule has 0 saturated heterocycles. The number of ether oxygens (including phenoxy) is 1. The molecule has 3 aromatic carbocycles. The summed E-state index contributed by atoms with van der Waals surface area (Å²) in [7, 11) is 0. The van der Waals surface area contributed by atoms with Crippen molar-refractivity contribution in [1.82, 2.24) is 0 Å². The number of hydrogen-bond donors (Lipinski definition) is 0. The average molecular weight is 504 g/mol. The van der Waals surface area contributed by atoms with Crippen molar-refractivity contribution < 1.29 is 35.9 Å². The first-order valence-corrected chi connectivity index (χ1v) is 11.4. The van der Waals surface area contributed by atoms with Crippen molar-refractivity contribution in [3.63, 3.8) is 0 Å². The van der Waals surface area contributed by atoms with E-state index in [4.69, 9.17) is 4.74 Å². The summed E-state index contributed by atoms with van der Waals surface area (Å²) in [5.74, 6) is -8.27. The fraction of sp³-hybridized carbons (Fsp3) is 0.250. The summed E-state index contributed by atoms with van der Waals surface area (Å²) < 4.78 is 91.6. The number of aryl methyl sites for hydroxylation is 2. The van der Waals surface area contributed by atoms with Gasteiger partial charge in [-0.2, -0.15) is 0 Å². The highest BCUT2D eigenvalue weighted by molar-refractivity contribution is 5.90. The van der Waals surface area contributed by atoms with Gasteiger partial charge in [0.05, 0.1) is 5.56 Å². The van der Waals surface area contributed by atoms with Crippen molar-refractivity contribution in [2.24, 2.45) is 0 Å². The van der Waals surface area contributed by atoms with Crippen LogP contribution in [0.4, 0.5) is 26.3 Å². The molecule has 0 bridgehead atoms. The predicted molar refractivity (Wildman–Crippen MR) is 123 cm³/mol. The van der Waals surface area contributed by atoms with Crippen molar-refractivity contribution in [3.05, 3.63) is 99.6 Å². The summed E-state index contributed by atoms with van der Waals surface area (Å²) in [4.78, 5) is 12.3. The van der Waals surface area contributed by atoms with Crippen LogP contribution in [0, 0.1) is 41.8 Å². The first kappa shape index (κ1) is 25.5. The lowest BCUT2D eigenvalue weighted by atomic mass is 9.90. The normalized spacial score (nSPS) is 15.6. The van der Waals surface area contributed by atoms with Crippen molar-refractivity contribution in [2.75, 3.05) is 0 Å². The Bertz CT molecular complexity index is 1380. The molecule has 8 heteroatoms. The van der Waals surface area contributed by atoms with Crippen LogP contribution in [0.15, 0.2) is 42.5 Å². The molecule has 4 rings (SSSR count). The highest BCUT2D eigenvalue weighted by Crippen LogP contribution is 2.36. The number of carbonyl (C=O) groups excluding carboxylic acids is 1. The van der Waals surface area contributed by atoms with Gasteiger partial charge in [-0.1, -0.05) is 43.3 Å². The first-order chi connectivity index (χ1) is 17.1. The van der Waals surface area contributed by atoms with Crippen LogP contribution in [-0.2, 0) is 11.2 Å². The molecule has 1 aliphatic carbocycles. The summed E-state index contributed by atoms with van der Waals surface area (Å²) in [5, 5.41) is 0. The predicted octanol–water partition coefficient (Wildman–Crippen LogP) is 7.85. The van der Waals surface area contributed by atoms with E-state index in [-0.39, 0.29) is 47.9 Å². The van der Waals surface area contributed by atoms with Crippen LogP contribution in [0.2, 0.25) is 0 Å². The number of benzene rings is 3. The molecule has 3 aromatic rings. The van der Waals surface area contributed by atoms with E-state index in [1.54, 1.807) is 13.0 Å². The number of hydrogen-bond acceptors (Lipinski definition) is 2. The quantitative estimate of drug-likeness (QED) is 0.261. The van der Waals surface area contributed by atoms with Gasteiger partial charge in [0.1, 0.15) is 6.10 Å². The molecule has 188 valence electrons. The first-order valence-electron chi connectivity index (χ1n) is 11.4. The summed E-state index contributed by atoms with van der Waals surface area (Å²) in [5.41, 5.74) is -0.702. The zero-order valence-corrected chi connectivity index (χ0v) is 19.5. The maximum atomic E-state index is 15.0. The Hall–Kier alpha value is -3.55. The monoisotopic (exact) mass is 504 g/mol. The molecule has 0 radical (unpaired) electrons. The zero-order chi connectivity index (χ0) is 26.1. The van der Waals surface area contributed by atoms with Crippen molar-refractivity contribution in [1.29, 1.82) is 0 Å². The van der Waals surface area contributed by atoms with E-state index >= 15 is 0 Å². The van der Waals surface area contributed by atoms with E-state index in [2.05, 4.69) is 0 Å². The summed E-state index contributed by atoms with van der Waals surface area (Å²) in [6.07, 6.45) is 1.77. The Labute approximate surface area is 204 Å². The molecule has 1 atom stereocenters. The lowest BCUT2D eigenvalue weighted by molar-refractivity contribution is 0.0279. The number of allylic oxidation sites excluding steroid dienone is 1. The molecule has 1 unspecified atom stereocenters. The lowest BCUT2D eigenvalue weighted by Gasteiger charge is -2.23. The van der Waals surface area contributed by atoms with E-state index in [1.165, 1.54) is 37.3 Å². The largest absolute Gasteiger partial charge is 0.458 e. The fourth-order valence-corrected chi connectivity index (χ4v) is 4.26. The number of carbonyl (C=O) groups is 1. The number of rotatable bonds is 5. The third-order valence-electron chi connectivity index (χ3n) is 6.39. The van der Waals surface area contributed by atoms with Gasteiger partial charge >= 0.3 is 5.97 Å². The molecule has 36 heavy (non-hydrogen) atoms. The summed E-state index contributed by atoms with van der Waals surface area (Å²) in [6, 6.07) is 7.45. The molecule has 0 saturated carbocycles. The molecule has 0 aromatic heterocycles. The minimum atomic E-state index is -1.30. The van der Waals surface area contributed by atoms with Crippen LogP contribution < -0.4 is 0 Å². The third-order valence-corrected chi connectivity index (χ3v) is 6.39. The van der Waals surface area contributed by atoms with E-state index in [9.17, 15) is 31.1 Å². The molecule has 0 amide bonds. The number of esters is 1. The highest BCUT2D eigenvalue weighted by Gasteiger charge is 2.26. The Morgan fingerprint density at radius 3 is 2.06 bits per heavy atom. The standard InChI is InChI=1S/C28H22F6O2/c1-3-15-7-11-19(25(32)23(15)30)20-13-12-18(24(31)26(20)33)16-5-8-17(9-6-16)36-28(35)21-10-4-14(2)22(29)27(21)34/h4-5,7,10-13,17H,3,6,8-9H2,1-2H3. The van der Waals surface area contributed by atoms with E-state index < -0.39 is 58.1 Å². The van der Waals surface area contributed by atoms with Gasteiger partial charge in [0.2, 0.25) is 0 Å². The van der Waals surface area contributed by atoms with E-state index in [0.29, 0.717) is 5.57 Å². The van der Waals surface area contributed by atoms with Gasteiger partial charge in [0.15, 0.2) is 34.9 Å². The van der Waals surface area contributed by atoms with Crippen LogP contribution in [0.5, 0.6) is 0 Å². The maximum absolute atomic E-state index is 15.0. The van der Waals surface area contributed by atoms with Gasteiger partial charge in [-0.05, 0) is 49.0 Å². The third kappa shape index (κ3) is 4.64. The molecular weight excluding hydrogens is 482 g/mol. The van der Waals surface area contributed by atoms with Gasteiger partial charge in [0, 0.05) is 23.1 Å². The maximum Gasteiger partial charge on any atom is 0.341 e. The minimum Gasteiger partial charge on any atom is -0.458 e. The molecule has 1 aliphatic rings. The van der Waals surface area contributed by atoms with Crippen LogP contribution in [-0.4, -0.2) is 12.1 Å². The Morgan fingerprint density at radius 1 is 0.806 bits per heavy atom. The second-order valence-electron chi connectivity index (χ2n) is 8.63. The van der Waals surface area contributed by atoms with Crippen molar-refractivity contribution in [3.8, 4) is 11.1 Å². The van der Waals surface area contributed by atoms with Gasteiger partial charge in [-0.3, -0.25) is 0 Å². The van der Waals surface area contributed by atoms with Crippen LogP contribution in [0.25, 0.3) is 16.7 Å². The van der Waals surface area contributed by atoms with Gasteiger partial charge in [-0.15, -0.1) is 0 Å². The lowest BCUT2D eigenvalue weighted by Crippen LogP contribution is -2.21. The Balaban J connectivity index is 1.52. The van der Waals surface area contributed by atoms with Gasteiger partial charge in [-0.25, -0.2) is 31.1 Å². The molecule has 2 nitrogen and oxygen atoms in total. The Kier molecular flexibility index (Phi) is 7.24. The summed E-state index contributed by atoms with van der Waals surface area (Å²) >= 11 is 0. The van der Waals surface area contributed by atoms with Crippen LogP contribution >= 0.6 is 0 Å². The topological polar surface area (TPSA) is 26.3 Å². The molecule has 0 heterocycles. The zero-order valence-electron chi connectivity index (χ0n) is 19.5. The van der Waals surface area contributed by atoms with E-state index in [1.807, 2.05) is 0 Å². The van der Waals surface area contributed by atoms with Crippen LogP contribution in [0.3, 0.4) is 0 Å². The Morgan fingerprint density at radius 2 is 1.42 bits per heavy atom. The number of halogens is 6. The fourth-order valence-electron chi connectivity index (χ4n) is 4.26. The molecular formula is C28H22F6O2. The second kappa shape index (κ2) is 10.2. The molecule has 0 spiro atoms. The van der Waals surface area contributed by atoms with Crippen molar-refractivity contribution in [2.45, 2.75) is 45.6 Å². The molecule has 0 fully saturated rings. The van der Waals surface area contributed by atoms with Gasteiger partial charge < -0.3 is 4.74 Å². The second-order valence-corrected chi connectivity index (χ2v) is 8.63. The van der Waals surface area contributed by atoms with E-state index in [0.717, 1.165) is 6.07 Å². The van der Waals surface area contributed by atoms with Crippen molar-refractivity contribution >= 4 is 11.5 Å². The highest BCUT2D eigenvalue weighted by atomic mass is 19.2. The smallest absolute Gasteiger partial charge is 0.341 e. The summed E-state index contributed by atoms with van der Waals surface area (Å²) in [6.45, 7) is 3.02. The van der Waals surface area contributed by atoms with Crippen LogP contribution in [0.1, 0.15) is 53.2 Å². The molecule has 0 aliphatic heterocycles. The molecule has 0 N–H and O–H groups in total. The average Bonchev–Trinajstić information content (AvgIpc) is 2.87.